The third-order valence-electron chi connectivity index (χ3n) is 4.02. The third-order valence-corrected chi connectivity index (χ3v) is 4.02. The first-order valence-corrected chi connectivity index (χ1v) is 6.59. The Hall–Kier alpha value is -0.920. The Morgan fingerprint density at radius 2 is 2.00 bits per heavy atom. The van der Waals surface area contributed by atoms with Crippen LogP contribution in [0.3, 0.4) is 0 Å². The highest BCUT2D eigenvalue weighted by Crippen LogP contribution is 2.34. The fourth-order valence-corrected chi connectivity index (χ4v) is 2.70. The lowest BCUT2D eigenvalue weighted by Gasteiger charge is -2.19. The van der Waals surface area contributed by atoms with Gasteiger partial charge in [-0.25, -0.2) is 0 Å². The average molecular weight is 236 g/mol. The zero-order chi connectivity index (χ0) is 13.0. The summed E-state index contributed by atoms with van der Waals surface area (Å²) in [5.74, 6) is 1.37. The van der Waals surface area contributed by atoms with Crippen LogP contribution in [-0.4, -0.2) is 11.6 Å². The van der Waals surface area contributed by atoms with Gasteiger partial charge < -0.3 is 4.79 Å². The number of allylic oxidation sites excluding steroid dienone is 1. The molecule has 2 nitrogen and oxygen atoms in total. The van der Waals surface area contributed by atoms with E-state index in [1.165, 1.54) is 0 Å². The van der Waals surface area contributed by atoms with Crippen molar-refractivity contribution in [1.82, 2.24) is 0 Å². The zero-order valence-corrected chi connectivity index (χ0v) is 11.3. The Kier molecular flexibility index (Phi) is 5.10. The SMILES string of the molecule is C=C(C)C1CCC(C)C(CCC(C)=O)C(=O)C1. The predicted octanol–water partition coefficient (Wildman–Crippen LogP) is 3.55. The molecule has 0 radical (unpaired) electrons. The lowest BCUT2D eigenvalue weighted by molar-refractivity contribution is -0.125. The minimum Gasteiger partial charge on any atom is -0.300 e. The van der Waals surface area contributed by atoms with Crippen LogP contribution < -0.4 is 0 Å². The monoisotopic (exact) mass is 236 g/mol. The summed E-state index contributed by atoms with van der Waals surface area (Å²) in [7, 11) is 0. The summed E-state index contributed by atoms with van der Waals surface area (Å²) in [5.41, 5.74) is 1.12. The van der Waals surface area contributed by atoms with Crippen molar-refractivity contribution in [1.29, 1.82) is 0 Å². The second kappa shape index (κ2) is 6.13. The van der Waals surface area contributed by atoms with Crippen LogP contribution in [-0.2, 0) is 9.59 Å². The molecule has 1 aliphatic carbocycles. The first kappa shape index (κ1) is 14.1. The van der Waals surface area contributed by atoms with Crippen LogP contribution in [0, 0.1) is 17.8 Å². The van der Waals surface area contributed by atoms with Crippen molar-refractivity contribution in [2.45, 2.75) is 52.9 Å². The lowest BCUT2D eigenvalue weighted by Crippen LogP contribution is -2.21. The van der Waals surface area contributed by atoms with Gasteiger partial charge in [-0.15, -0.1) is 0 Å². The summed E-state index contributed by atoms with van der Waals surface area (Å²) < 4.78 is 0. The summed E-state index contributed by atoms with van der Waals surface area (Å²) in [5, 5.41) is 0. The van der Waals surface area contributed by atoms with Crippen molar-refractivity contribution >= 4 is 11.6 Å². The van der Waals surface area contributed by atoms with E-state index in [-0.39, 0.29) is 11.7 Å². The lowest BCUT2D eigenvalue weighted by atomic mass is 9.84. The number of hydrogen-bond donors (Lipinski definition) is 0. The molecular weight excluding hydrogens is 212 g/mol. The molecule has 0 aliphatic heterocycles. The van der Waals surface area contributed by atoms with Crippen LogP contribution in [0.1, 0.15) is 52.9 Å². The van der Waals surface area contributed by atoms with Gasteiger partial charge in [0.15, 0.2) is 0 Å². The molecule has 1 rings (SSSR count). The number of rotatable bonds is 4. The van der Waals surface area contributed by atoms with E-state index in [4.69, 9.17) is 0 Å². The van der Waals surface area contributed by atoms with E-state index < -0.39 is 0 Å². The highest BCUT2D eigenvalue weighted by molar-refractivity contribution is 5.83. The van der Waals surface area contributed by atoms with Gasteiger partial charge in [-0.2, -0.15) is 0 Å². The second-order valence-corrected chi connectivity index (χ2v) is 5.62. The van der Waals surface area contributed by atoms with Crippen molar-refractivity contribution in [2.24, 2.45) is 17.8 Å². The maximum atomic E-state index is 12.2. The van der Waals surface area contributed by atoms with Gasteiger partial charge in [0.05, 0.1) is 0 Å². The highest BCUT2D eigenvalue weighted by atomic mass is 16.1. The summed E-state index contributed by atoms with van der Waals surface area (Å²) in [6, 6.07) is 0. The predicted molar refractivity (Wildman–Crippen MR) is 69.7 cm³/mol. The van der Waals surface area contributed by atoms with Gasteiger partial charge in [0.25, 0.3) is 0 Å². The van der Waals surface area contributed by atoms with E-state index in [0.29, 0.717) is 30.5 Å². The van der Waals surface area contributed by atoms with Crippen molar-refractivity contribution < 1.29 is 9.59 Å². The Morgan fingerprint density at radius 3 is 2.53 bits per heavy atom. The van der Waals surface area contributed by atoms with Crippen LogP contribution in [0.4, 0.5) is 0 Å². The maximum absolute atomic E-state index is 12.2. The Balaban J connectivity index is 2.67. The Labute approximate surface area is 104 Å². The molecule has 0 spiro atoms. The number of ketones is 2. The van der Waals surface area contributed by atoms with Gasteiger partial charge in [0, 0.05) is 18.8 Å². The molecule has 17 heavy (non-hydrogen) atoms. The van der Waals surface area contributed by atoms with Crippen LogP contribution in [0.25, 0.3) is 0 Å². The molecule has 0 heterocycles. The Morgan fingerprint density at radius 1 is 1.35 bits per heavy atom. The van der Waals surface area contributed by atoms with Crippen LogP contribution in [0.5, 0.6) is 0 Å². The molecule has 1 aliphatic rings. The molecular formula is C15H24O2. The molecule has 3 unspecified atom stereocenters. The van der Waals surface area contributed by atoms with Gasteiger partial charge in [0.1, 0.15) is 11.6 Å². The number of carbonyl (C=O) groups is 2. The largest absolute Gasteiger partial charge is 0.300 e. The van der Waals surface area contributed by atoms with Gasteiger partial charge in [-0.05, 0) is 44.9 Å². The topological polar surface area (TPSA) is 34.1 Å². The van der Waals surface area contributed by atoms with Crippen LogP contribution in [0.2, 0.25) is 0 Å². The normalized spacial score (nSPS) is 29.8. The van der Waals surface area contributed by atoms with Crippen molar-refractivity contribution in [3.05, 3.63) is 12.2 Å². The molecule has 0 amide bonds. The van der Waals surface area contributed by atoms with Crippen molar-refractivity contribution in [2.75, 3.05) is 0 Å². The molecule has 0 aromatic carbocycles. The fraction of sp³-hybridized carbons (Fsp3) is 0.733. The molecule has 0 aromatic rings. The van der Waals surface area contributed by atoms with Crippen molar-refractivity contribution in [3.63, 3.8) is 0 Å². The van der Waals surface area contributed by atoms with Gasteiger partial charge >= 0.3 is 0 Å². The van der Waals surface area contributed by atoms with E-state index in [1.54, 1.807) is 6.92 Å². The van der Waals surface area contributed by atoms with Gasteiger partial charge in [-0.1, -0.05) is 19.1 Å². The zero-order valence-electron chi connectivity index (χ0n) is 11.3. The molecule has 1 fully saturated rings. The highest BCUT2D eigenvalue weighted by Gasteiger charge is 2.31. The van der Waals surface area contributed by atoms with Gasteiger partial charge in [0.2, 0.25) is 0 Å². The van der Waals surface area contributed by atoms with E-state index >= 15 is 0 Å². The van der Waals surface area contributed by atoms with Crippen LogP contribution in [0.15, 0.2) is 12.2 Å². The molecule has 0 aromatic heterocycles. The molecule has 0 saturated heterocycles. The van der Waals surface area contributed by atoms with E-state index in [2.05, 4.69) is 13.5 Å². The average Bonchev–Trinajstić information content (AvgIpc) is 2.36. The molecule has 0 bridgehead atoms. The second-order valence-electron chi connectivity index (χ2n) is 5.62. The maximum Gasteiger partial charge on any atom is 0.136 e. The molecule has 1 saturated carbocycles. The molecule has 0 N–H and O–H groups in total. The van der Waals surface area contributed by atoms with E-state index in [0.717, 1.165) is 24.8 Å². The number of carbonyl (C=O) groups excluding carboxylic acids is 2. The standard InChI is InChI=1S/C15H24O2/c1-10(2)13-7-5-11(3)14(15(17)9-13)8-6-12(4)16/h11,13-14H,1,5-9H2,2-4H3. The van der Waals surface area contributed by atoms with Crippen molar-refractivity contribution in [3.8, 4) is 0 Å². The summed E-state index contributed by atoms with van der Waals surface area (Å²) >= 11 is 0. The summed E-state index contributed by atoms with van der Waals surface area (Å²) in [6.45, 7) is 9.73. The minimum absolute atomic E-state index is 0.0863. The molecule has 2 heteroatoms. The first-order valence-electron chi connectivity index (χ1n) is 6.59. The first-order chi connectivity index (χ1) is 7.91. The fourth-order valence-electron chi connectivity index (χ4n) is 2.70. The van der Waals surface area contributed by atoms with Crippen LogP contribution >= 0.6 is 0 Å². The minimum atomic E-state index is 0.0863. The quantitative estimate of drug-likeness (QED) is 0.552. The smallest absolute Gasteiger partial charge is 0.136 e. The molecule has 96 valence electrons. The summed E-state index contributed by atoms with van der Waals surface area (Å²) in [4.78, 5) is 23.2. The number of hydrogen-bond acceptors (Lipinski definition) is 2. The number of Topliss-reactive ketones (excluding diaryl/α,β-unsaturated/α-hetero) is 2. The van der Waals surface area contributed by atoms with E-state index in [1.807, 2.05) is 6.92 Å². The van der Waals surface area contributed by atoms with E-state index in [9.17, 15) is 9.59 Å². The Bertz CT molecular complexity index is 317. The molecule has 3 atom stereocenters. The van der Waals surface area contributed by atoms with Gasteiger partial charge in [-0.3, -0.25) is 4.79 Å². The summed E-state index contributed by atoms with van der Waals surface area (Å²) in [6.07, 6.45) is 4.05. The third kappa shape index (κ3) is 4.10.